The average Bonchev–Trinajstić information content (AvgIpc) is 3.25. The third-order valence-corrected chi connectivity index (χ3v) is 4.63. The molecular formula is C19H23FN4O3. The summed E-state index contributed by atoms with van der Waals surface area (Å²) >= 11 is 0. The smallest absolute Gasteiger partial charge is 0.247 e. The van der Waals surface area contributed by atoms with E-state index >= 15 is 0 Å². The highest BCUT2D eigenvalue weighted by molar-refractivity contribution is 5.97. The largest absolute Gasteiger partial charge is 0.360 e. The van der Waals surface area contributed by atoms with Crippen molar-refractivity contribution in [3.8, 4) is 0 Å². The number of nitrogens with zero attached hydrogens (tertiary/aromatic N) is 2. The highest BCUT2D eigenvalue weighted by Gasteiger charge is 2.32. The number of carbonyl (C=O) groups is 2. The molecular weight excluding hydrogens is 351 g/mol. The third-order valence-electron chi connectivity index (χ3n) is 4.63. The van der Waals surface area contributed by atoms with Crippen molar-refractivity contribution in [2.24, 2.45) is 0 Å². The van der Waals surface area contributed by atoms with Crippen molar-refractivity contribution in [3.63, 3.8) is 0 Å². The molecule has 3 rings (SSSR count). The van der Waals surface area contributed by atoms with E-state index in [4.69, 9.17) is 4.52 Å². The summed E-state index contributed by atoms with van der Waals surface area (Å²) in [5, 5.41) is 9.03. The molecule has 7 nitrogen and oxygen atoms in total. The maximum absolute atomic E-state index is 13.9. The summed E-state index contributed by atoms with van der Waals surface area (Å²) < 4.78 is 18.8. The molecule has 144 valence electrons. The summed E-state index contributed by atoms with van der Waals surface area (Å²) in [5.74, 6) is -0.00490. The van der Waals surface area contributed by atoms with Crippen molar-refractivity contribution < 1.29 is 18.5 Å². The van der Waals surface area contributed by atoms with Crippen LogP contribution in [0.25, 0.3) is 0 Å². The molecule has 2 atom stereocenters. The first kappa shape index (κ1) is 19.0. The van der Waals surface area contributed by atoms with Gasteiger partial charge in [0.1, 0.15) is 17.6 Å². The topological polar surface area (TPSA) is 87.5 Å². The molecule has 2 N–H and O–H groups in total. The van der Waals surface area contributed by atoms with Crippen LogP contribution in [0.4, 0.5) is 10.2 Å². The molecule has 2 amide bonds. The highest BCUT2D eigenvalue weighted by Crippen LogP contribution is 2.21. The number of benzene rings is 1. The fourth-order valence-electron chi connectivity index (χ4n) is 3.19. The predicted molar refractivity (Wildman–Crippen MR) is 97.3 cm³/mol. The Kier molecular flexibility index (Phi) is 5.85. The van der Waals surface area contributed by atoms with Crippen molar-refractivity contribution in [1.82, 2.24) is 15.4 Å². The Bertz CT molecular complexity index is 823. The molecule has 1 aromatic heterocycles. The van der Waals surface area contributed by atoms with E-state index in [1.54, 1.807) is 38.1 Å². The number of aromatic nitrogens is 1. The first-order valence-electron chi connectivity index (χ1n) is 8.96. The van der Waals surface area contributed by atoms with Crippen molar-refractivity contribution in [2.75, 3.05) is 11.9 Å². The molecule has 1 aromatic carbocycles. The SMILES string of the molecule is Cc1cc(NC(=O)C(C)NC(=O)C2CCCN2Cc2ccccc2F)no1. The summed E-state index contributed by atoms with van der Waals surface area (Å²) in [4.78, 5) is 26.8. The molecule has 0 spiro atoms. The lowest BCUT2D eigenvalue weighted by Crippen LogP contribution is -2.49. The van der Waals surface area contributed by atoms with Crippen LogP contribution in [0.2, 0.25) is 0 Å². The van der Waals surface area contributed by atoms with E-state index < -0.39 is 6.04 Å². The third kappa shape index (κ3) is 4.71. The maximum Gasteiger partial charge on any atom is 0.247 e. The van der Waals surface area contributed by atoms with Gasteiger partial charge in [0.2, 0.25) is 11.8 Å². The number of halogens is 1. The Labute approximate surface area is 156 Å². The molecule has 0 bridgehead atoms. The van der Waals surface area contributed by atoms with Gasteiger partial charge in [-0.15, -0.1) is 0 Å². The van der Waals surface area contributed by atoms with E-state index in [9.17, 15) is 14.0 Å². The Balaban J connectivity index is 1.57. The number of anilines is 1. The van der Waals surface area contributed by atoms with Crippen LogP contribution < -0.4 is 10.6 Å². The van der Waals surface area contributed by atoms with Gasteiger partial charge in [0, 0.05) is 18.2 Å². The summed E-state index contributed by atoms with van der Waals surface area (Å²) in [6.07, 6.45) is 1.53. The Morgan fingerprint density at radius 2 is 2.19 bits per heavy atom. The number of carbonyl (C=O) groups excluding carboxylic acids is 2. The molecule has 1 saturated heterocycles. The van der Waals surface area contributed by atoms with Gasteiger partial charge in [-0.2, -0.15) is 0 Å². The quantitative estimate of drug-likeness (QED) is 0.810. The van der Waals surface area contributed by atoms with Crippen LogP contribution in [0.3, 0.4) is 0 Å². The minimum absolute atomic E-state index is 0.233. The van der Waals surface area contributed by atoms with E-state index in [1.165, 1.54) is 6.07 Å². The minimum Gasteiger partial charge on any atom is -0.360 e. The number of nitrogens with one attached hydrogen (secondary N) is 2. The first-order chi connectivity index (χ1) is 12.9. The van der Waals surface area contributed by atoms with Crippen LogP contribution in [-0.4, -0.2) is 40.5 Å². The Morgan fingerprint density at radius 3 is 2.89 bits per heavy atom. The van der Waals surface area contributed by atoms with Crippen molar-refractivity contribution >= 4 is 17.6 Å². The first-order valence-corrected chi connectivity index (χ1v) is 8.96. The molecule has 2 aromatic rings. The molecule has 1 fully saturated rings. The lowest BCUT2D eigenvalue weighted by Gasteiger charge is -2.25. The number of hydrogen-bond acceptors (Lipinski definition) is 5. The lowest BCUT2D eigenvalue weighted by molar-refractivity contribution is -0.129. The van der Waals surface area contributed by atoms with Gasteiger partial charge in [0.25, 0.3) is 0 Å². The molecule has 2 unspecified atom stereocenters. The van der Waals surface area contributed by atoms with Crippen molar-refractivity contribution in [1.29, 1.82) is 0 Å². The van der Waals surface area contributed by atoms with Gasteiger partial charge in [0.05, 0.1) is 6.04 Å². The predicted octanol–water partition coefficient (Wildman–Crippen LogP) is 2.23. The standard InChI is InChI=1S/C19H23FN4O3/c1-12-10-17(23-27-12)22-18(25)13(2)21-19(26)16-8-5-9-24(16)11-14-6-3-4-7-15(14)20/h3-4,6-7,10,13,16H,5,8-9,11H2,1-2H3,(H,21,26)(H,22,23,25). The number of rotatable bonds is 6. The number of amides is 2. The van der Waals surface area contributed by atoms with E-state index in [-0.39, 0.29) is 23.7 Å². The molecule has 27 heavy (non-hydrogen) atoms. The highest BCUT2D eigenvalue weighted by atomic mass is 19.1. The van der Waals surface area contributed by atoms with Gasteiger partial charge in [-0.25, -0.2) is 4.39 Å². The monoisotopic (exact) mass is 374 g/mol. The number of hydrogen-bond donors (Lipinski definition) is 2. The average molecular weight is 374 g/mol. The Hall–Kier alpha value is -2.74. The second kappa shape index (κ2) is 8.30. The van der Waals surface area contributed by atoms with Gasteiger partial charge in [-0.3, -0.25) is 14.5 Å². The van der Waals surface area contributed by atoms with Gasteiger partial charge in [-0.05, 0) is 39.3 Å². The molecule has 1 aliphatic rings. The fourth-order valence-corrected chi connectivity index (χ4v) is 3.19. The van der Waals surface area contributed by atoms with Gasteiger partial charge in [-0.1, -0.05) is 23.4 Å². The fraction of sp³-hybridized carbons (Fsp3) is 0.421. The van der Waals surface area contributed by atoms with Crippen LogP contribution in [0.15, 0.2) is 34.9 Å². The van der Waals surface area contributed by atoms with Crippen molar-refractivity contribution in [3.05, 3.63) is 47.5 Å². The summed E-state index contributed by atoms with van der Waals surface area (Å²) in [5.41, 5.74) is 0.560. The molecule has 0 aliphatic carbocycles. The molecule has 8 heteroatoms. The zero-order valence-corrected chi connectivity index (χ0v) is 15.4. The van der Waals surface area contributed by atoms with Gasteiger partial charge < -0.3 is 15.2 Å². The van der Waals surface area contributed by atoms with Crippen LogP contribution in [-0.2, 0) is 16.1 Å². The summed E-state index contributed by atoms with van der Waals surface area (Å²) in [6, 6.07) is 7.04. The second-order valence-corrected chi connectivity index (χ2v) is 6.76. The molecule has 2 heterocycles. The Morgan fingerprint density at radius 1 is 1.41 bits per heavy atom. The van der Waals surface area contributed by atoms with Crippen LogP contribution in [0.1, 0.15) is 31.1 Å². The van der Waals surface area contributed by atoms with E-state index in [0.717, 1.165) is 6.42 Å². The molecule has 0 radical (unpaired) electrons. The van der Waals surface area contributed by atoms with Crippen LogP contribution in [0.5, 0.6) is 0 Å². The number of aryl methyl sites for hydroxylation is 1. The van der Waals surface area contributed by atoms with E-state index in [0.29, 0.717) is 36.7 Å². The zero-order chi connectivity index (χ0) is 19.4. The van der Waals surface area contributed by atoms with Crippen molar-refractivity contribution in [2.45, 2.75) is 45.3 Å². The minimum atomic E-state index is -0.731. The molecule has 1 aliphatic heterocycles. The second-order valence-electron chi connectivity index (χ2n) is 6.76. The maximum atomic E-state index is 13.9. The lowest BCUT2D eigenvalue weighted by atomic mass is 10.1. The van der Waals surface area contributed by atoms with Crippen LogP contribution >= 0.6 is 0 Å². The van der Waals surface area contributed by atoms with Gasteiger partial charge >= 0.3 is 0 Å². The molecule has 0 saturated carbocycles. The zero-order valence-electron chi connectivity index (χ0n) is 15.4. The summed E-state index contributed by atoms with van der Waals surface area (Å²) in [6.45, 7) is 4.41. The van der Waals surface area contributed by atoms with E-state index in [1.807, 2.05) is 4.90 Å². The van der Waals surface area contributed by atoms with E-state index in [2.05, 4.69) is 15.8 Å². The van der Waals surface area contributed by atoms with Crippen LogP contribution in [0, 0.1) is 12.7 Å². The number of likely N-dealkylation sites (tertiary alicyclic amines) is 1. The summed E-state index contributed by atoms with van der Waals surface area (Å²) in [7, 11) is 0. The normalized spacial score (nSPS) is 18.3. The van der Waals surface area contributed by atoms with Gasteiger partial charge in [0.15, 0.2) is 5.82 Å².